The van der Waals surface area contributed by atoms with Crippen LogP contribution in [0.15, 0.2) is 0 Å². The van der Waals surface area contributed by atoms with Gasteiger partial charge in [0.1, 0.15) is 0 Å². The Labute approximate surface area is 108 Å². The van der Waals surface area contributed by atoms with E-state index in [1.54, 1.807) is 0 Å². The Morgan fingerprint density at radius 1 is 1.36 bits per heavy atom. The summed E-state index contributed by atoms with van der Waals surface area (Å²) in [4.78, 5) is 33.3. The molecule has 0 fully saturated rings. The topological polar surface area (TPSA) is 121 Å². The third kappa shape index (κ3) is 426. The largest absolute Gasteiger partial charge is 1.00 e. The summed E-state index contributed by atoms with van der Waals surface area (Å²) in [6.07, 6.45) is 0. The van der Waals surface area contributed by atoms with Gasteiger partial charge in [-0.05, 0) is 0 Å². The van der Waals surface area contributed by atoms with Gasteiger partial charge in [0.25, 0.3) is 5.97 Å². The van der Waals surface area contributed by atoms with E-state index >= 15 is 0 Å². The number of phosphoric acid groups is 1. The summed E-state index contributed by atoms with van der Waals surface area (Å²) in [7, 11) is -5.14. The number of hydrogen-bond donors (Lipinski definition) is 2. The molecule has 0 aromatic rings. The van der Waals surface area contributed by atoms with Gasteiger partial charge in [-0.15, -0.1) is 0 Å². The van der Waals surface area contributed by atoms with Crippen molar-refractivity contribution in [1.29, 1.82) is 0 Å². The van der Waals surface area contributed by atoms with Gasteiger partial charge in [0.2, 0.25) is 0 Å². The first-order chi connectivity index (χ1) is 3.73. The molecule has 2 N–H and O–H groups in total. The summed E-state index contributed by atoms with van der Waals surface area (Å²) in [6.45, 7) is 1.08. The molecule has 0 bridgehead atoms. The summed E-state index contributed by atoms with van der Waals surface area (Å²) < 4.78 is 8.66. The van der Waals surface area contributed by atoms with Crippen LogP contribution in [0.2, 0.25) is 0 Å². The number of hydrogen-bond acceptors (Lipinski definition) is 4. The molecule has 6 nitrogen and oxygen atoms in total. The maximum atomic E-state index is 9.00. The van der Waals surface area contributed by atoms with Crippen molar-refractivity contribution in [2.24, 2.45) is 0 Å². The molecular weight excluding hydrogens is 197 g/mol. The fraction of sp³-hybridized carbons (Fsp3) is 0.500. The molecule has 0 unspecified atom stereocenters. The number of aliphatic carboxylic acids is 1. The Bertz CT molecular complexity index is 118. The van der Waals surface area contributed by atoms with E-state index in [-0.39, 0.29) is 59.1 Å². The first-order valence-corrected chi connectivity index (χ1v) is 3.17. The third-order valence-electron chi connectivity index (χ3n) is 0. The molecule has 0 aliphatic carbocycles. The van der Waals surface area contributed by atoms with Crippen LogP contribution in [-0.4, -0.2) is 16.0 Å². The Kier molecular flexibility index (Phi) is 24.1. The molecule has 0 aromatic heterocycles. The van der Waals surface area contributed by atoms with Gasteiger partial charge in [-0.3, -0.25) is 4.79 Å². The number of carboxylic acids is 1. The van der Waals surface area contributed by atoms with Crippen LogP contribution in [-0.2, 0) is 9.36 Å². The van der Waals surface area contributed by atoms with Gasteiger partial charge in [0, 0.05) is 6.92 Å². The zero-order valence-corrected chi connectivity index (χ0v) is 11.4. The first kappa shape index (κ1) is 22.9. The van der Waals surface area contributed by atoms with Crippen LogP contribution < -0.4 is 68.9 Å². The minimum Gasteiger partial charge on any atom is -0.790 e. The van der Waals surface area contributed by atoms with Gasteiger partial charge in [-0.25, -0.2) is 0 Å². The monoisotopic (exact) mass is 202 g/mol. The van der Waals surface area contributed by atoms with Gasteiger partial charge in [-0.2, -0.15) is 0 Å². The van der Waals surface area contributed by atoms with E-state index in [9.17, 15) is 0 Å². The van der Waals surface area contributed by atoms with Crippen molar-refractivity contribution in [3.63, 3.8) is 0 Å². The maximum absolute atomic E-state index is 9.00. The molecule has 0 amide bonds. The van der Waals surface area contributed by atoms with Gasteiger partial charge in [0.05, 0.1) is 7.82 Å². The van der Waals surface area contributed by atoms with Crippen molar-refractivity contribution in [1.82, 2.24) is 0 Å². The van der Waals surface area contributed by atoms with Crippen LogP contribution in [0.4, 0.5) is 0 Å². The SMILES string of the molecule is CC(=O)O.O=P([O-])([O-])O.[Na+].[Na+]. The van der Waals surface area contributed by atoms with Crippen LogP contribution >= 0.6 is 7.82 Å². The van der Waals surface area contributed by atoms with Crippen molar-refractivity contribution >= 4 is 13.8 Å². The number of carbonyl (C=O) groups is 1. The molecule has 56 valence electrons. The average molecular weight is 202 g/mol. The molecular formula is C2H5Na2O6P. The molecule has 0 aromatic carbocycles. The smallest absolute Gasteiger partial charge is 0.790 e. The van der Waals surface area contributed by atoms with Crippen LogP contribution in [0.25, 0.3) is 0 Å². The molecule has 9 heteroatoms. The molecule has 0 spiro atoms. The quantitative estimate of drug-likeness (QED) is 0.297. The molecule has 0 rings (SSSR count). The zero-order valence-electron chi connectivity index (χ0n) is 6.47. The van der Waals surface area contributed by atoms with Crippen molar-refractivity contribution < 1.29 is 88.3 Å². The van der Waals surface area contributed by atoms with E-state index in [1.807, 2.05) is 0 Å². The first-order valence-electron chi connectivity index (χ1n) is 1.68. The van der Waals surface area contributed by atoms with Gasteiger partial charge in [0.15, 0.2) is 0 Å². The van der Waals surface area contributed by atoms with E-state index in [0.717, 1.165) is 6.92 Å². The average Bonchev–Trinajstić information content (AvgIpc) is 1.19. The second-order valence-electron chi connectivity index (χ2n) is 0.988. The number of rotatable bonds is 0. The Morgan fingerprint density at radius 3 is 1.36 bits per heavy atom. The van der Waals surface area contributed by atoms with Gasteiger partial charge >= 0.3 is 59.1 Å². The minimum absolute atomic E-state index is 0. The predicted octanol–water partition coefficient (Wildman–Crippen LogP) is -8.09. The molecule has 0 radical (unpaired) electrons. The summed E-state index contributed by atoms with van der Waals surface area (Å²) in [6, 6.07) is 0. The van der Waals surface area contributed by atoms with Crippen LogP contribution in [0.3, 0.4) is 0 Å². The fourth-order valence-electron chi connectivity index (χ4n) is 0. The molecule has 0 saturated heterocycles. The van der Waals surface area contributed by atoms with E-state index in [1.165, 1.54) is 0 Å². The summed E-state index contributed by atoms with van der Waals surface area (Å²) in [5.41, 5.74) is 0. The normalized spacial score (nSPS) is 7.64. The van der Waals surface area contributed by atoms with Gasteiger partial charge < -0.3 is 24.4 Å². The van der Waals surface area contributed by atoms with Crippen molar-refractivity contribution in [2.75, 3.05) is 0 Å². The molecule has 0 saturated carbocycles. The molecule has 0 aliphatic rings. The second kappa shape index (κ2) is 11.6. The van der Waals surface area contributed by atoms with Crippen LogP contribution in [0.1, 0.15) is 6.92 Å². The summed E-state index contributed by atoms with van der Waals surface area (Å²) >= 11 is 0. The summed E-state index contributed by atoms with van der Waals surface area (Å²) in [5.74, 6) is -0.833. The van der Waals surface area contributed by atoms with Crippen molar-refractivity contribution in [3.8, 4) is 0 Å². The van der Waals surface area contributed by atoms with E-state index < -0.39 is 13.8 Å². The van der Waals surface area contributed by atoms with E-state index in [2.05, 4.69) is 0 Å². The van der Waals surface area contributed by atoms with Crippen LogP contribution in [0, 0.1) is 0 Å². The van der Waals surface area contributed by atoms with Crippen molar-refractivity contribution in [3.05, 3.63) is 0 Å². The molecule has 0 aliphatic heterocycles. The fourth-order valence-corrected chi connectivity index (χ4v) is 0. The number of carboxylic acid groups (broad SMARTS) is 1. The molecule has 0 atom stereocenters. The van der Waals surface area contributed by atoms with E-state index in [0.29, 0.717) is 0 Å². The molecule has 11 heavy (non-hydrogen) atoms. The van der Waals surface area contributed by atoms with Crippen LogP contribution in [0.5, 0.6) is 0 Å². The predicted molar refractivity (Wildman–Crippen MR) is 23.1 cm³/mol. The summed E-state index contributed by atoms with van der Waals surface area (Å²) in [5, 5.41) is 7.42. The van der Waals surface area contributed by atoms with Crippen molar-refractivity contribution in [2.45, 2.75) is 6.92 Å². The standard InChI is InChI=1S/C2H4O2.2Na.H3O4P/c1-2(3)4;;;1-5(2,3)4/h1H3,(H,3,4);;;(H3,1,2,3,4)/q;2*+1;/p-2. The Morgan fingerprint density at radius 2 is 1.36 bits per heavy atom. The Hall–Kier alpha value is 1.58. The minimum atomic E-state index is -5.14. The third-order valence-corrected chi connectivity index (χ3v) is 0. The molecule has 0 heterocycles. The Balaban J connectivity index is -0.0000000383. The maximum Gasteiger partial charge on any atom is 1.00 e. The van der Waals surface area contributed by atoms with E-state index in [4.69, 9.17) is 29.1 Å². The van der Waals surface area contributed by atoms with Gasteiger partial charge in [-0.1, -0.05) is 0 Å². The zero-order chi connectivity index (χ0) is 8.08. The second-order valence-corrected chi connectivity index (χ2v) is 1.92.